The maximum atomic E-state index is 13.1. The number of fused-ring (bicyclic) bond motifs is 3. The zero-order chi connectivity index (χ0) is 23.1. The van der Waals surface area contributed by atoms with E-state index >= 15 is 0 Å². The van der Waals surface area contributed by atoms with Gasteiger partial charge in [0.15, 0.2) is 11.2 Å². The molecule has 2 aliphatic rings. The van der Waals surface area contributed by atoms with Crippen LogP contribution in [-0.2, 0) is 17.4 Å². The highest BCUT2D eigenvalue weighted by molar-refractivity contribution is 6.30. The lowest BCUT2D eigenvalue weighted by Gasteiger charge is -2.40. The van der Waals surface area contributed by atoms with E-state index < -0.39 is 22.9 Å². The molecule has 1 aromatic heterocycles. The number of rotatable bonds is 2. The lowest BCUT2D eigenvalue weighted by molar-refractivity contribution is -0.137. The van der Waals surface area contributed by atoms with Crippen LogP contribution in [0.4, 0.5) is 13.2 Å². The fraction of sp³-hybridized carbons (Fsp3) is 0.292. The van der Waals surface area contributed by atoms with Crippen LogP contribution in [0.5, 0.6) is 5.75 Å². The molecule has 3 unspecified atom stereocenters. The second-order valence-electron chi connectivity index (χ2n) is 7.78. The Balaban J connectivity index is 0.00000119. The molecule has 3 aromatic rings. The first-order valence-electron chi connectivity index (χ1n) is 10.0. The number of alkyl halides is 3. The largest absolute Gasteiger partial charge is 0.476 e. The summed E-state index contributed by atoms with van der Waals surface area (Å²) in [6.07, 6.45) is -2.06. The standard InChI is InChI=1S/C23H17ClF3NO2.CH4O/c24-17-12-19-20(28-13-17)21(29)11-10-18(14-4-2-1-3-5-14)22(21,30-19)15-6-8-16(9-7-15)23(25,26)27;1-2/h1-9,12-13,18,29H,10-11H2;2H,1H3. The molecule has 2 heterocycles. The van der Waals surface area contributed by atoms with E-state index in [0.29, 0.717) is 34.9 Å². The van der Waals surface area contributed by atoms with Crippen LogP contribution in [0.1, 0.15) is 41.1 Å². The highest BCUT2D eigenvalue weighted by Gasteiger charge is 2.69. The smallest absolute Gasteiger partial charge is 0.416 e. The van der Waals surface area contributed by atoms with Gasteiger partial charge in [-0.25, -0.2) is 0 Å². The molecule has 5 rings (SSSR count). The summed E-state index contributed by atoms with van der Waals surface area (Å²) in [5.41, 5.74) is -1.78. The Labute approximate surface area is 188 Å². The summed E-state index contributed by atoms with van der Waals surface area (Å²) >= 11 is 6.09. The zero-order valence-electron chi connectivity index (χ0n) is 17.1. The van der Waals surface area contributed by atoms with Crippen molar-refractivity contribution in [1.29, 1.82) is 0 Å². The van der Waals surface area contributed by atoms with E-state index in [-0.39, 0.29) is 5.92 Å². The molecule has 32 heavy (non-hydrogen) atoms. The average molecular weight is 464 g/mol. The molecule has 0 radical (unpaired) electrons. The van der Waals surface area contributed by atoms with Gasteiger partial charge in [0.05, 0.1) is 10.6 Å². The second kappa shape index (κ2) is 8.06. The first-order chi connectivity index (χ1) is 15.3. The normalized spacial score (nSPS) is 25.9. The van der Waals surface area contributed by atoms with Crippen molar-refractivity contribution in [3.8, 4) is 5.75 Å². The maximum absolute atomic E-state index is 13.1. The Morgan fingerprint density at radius 1 is 1.06 bits per heavy atom. The van der Waals surface area contributed by atoms with Crippen molar-refractivity contribution in [3.63, 3.8) is 0 Å². The summed E-state index contributed by atoms with van der Waals surface area (Å²) in [6, 6.07) is 16.0. The van der Waals surface area contributed by atoms with Gasteiger partial charge in [0, 0.05) is 25.3 Å². The Kier molecular flexibility index (Phi) is 5.69. The van der Waals surface area contributed by atoms with Crippen LogP contribution in [0.15, 0.2) is 66.9 Å². The lowest BCUT2D eigenvalue weighted by atomic mass is 9.72. The highest BCUT2D eigenvalue weighted by atomic mass is 35.5. The fourth-order valence-corrected chi connectivity index (χ4v) is 5.10. The molecular weight excluding hydrogens is 443 g/mol. The van der Waals surface area contributed by atoms with Crippen LogP contribution >= 0.6 is 11.6 Å². The van der Waals surface area contributed by atoms with Gasteiger partial charge >= 0.3 is 6.18 Å². The number of aliphatic hydroxyl groups excluding tert-OH is 1. The highest BCUT2D eigenvalue weighted by Crippen LogP contribution is 2.66. The van der Waals surface area contributed by atoms with E-state index in [4.69, 9.17) is 21.4 Å². The molecule has 2 aromatic carbocycles. The molecular formula is C24H21ClF3NO3. The van der Waals surface area contributed by atoms with Crippen LogP contribution in [0, 0.1) is 0 Å². The SMILES string of the molecule is CO.OC12CCC(c3ccccc3)C1(c1ccc(C(F)(F)F)cc1)Oc1cc(Cl)cnc12. The molecule has 1 saturated carbocycles. The molecule has 0 bridgehead atoms. The molecule has 1 aliphatic heterocycles. The fourth-order valence-electron chi connectivity index (χ4n) is 4.96. The van der Waals surface area contributed by atoms with E-state index in [1.54, 1.807) is 6.07 Å². The van der Waals surface area contributed by atoms with Crippen LogP contribution in [0.2, 0.25) is 5.02 Å². The third-order valence-electron chi connectivity index (χ3n) is 6.23. The summed E-state index contributed by atoms with van der Waals surface area (Å²) in [5.74, 6) is 0.0685. The molecule has 1 aliphatic carbocycles. The van der Waals surface area contributed by atoms with Gasteiger partial charge in [0.25, 0.3) is 0 Å². The van der Waals surface area contributed by atoms with Gasteiger partial charge in [-0.05, 0) is 36.1 Å². The van der Waals surface area contributed by atoms with Gasteiger partial charge in [-0.15, -0.1) is 0 Å². The minimum absolute atomic E-state index is 0.284. The van der Waals surface area contributed by atoms with Crippen LogP contribution < -0.4 is 4.74 Å². The summed E-state index contributed by atoms with van der Waals surface area (Å²) in [4.78, 5) is 4.34. The Bertz CT molecular complexity index is 1110. The van der Waals surface area contributed by atoms with E-state index in [9.17, 15) is 18.3 Å². The summed E-state index contributed by atoms with van der Waals surface area (Å²) < 4.78 is 45.8. The summed E-state index contributed by atoms with van der Waals surface area (Å²) in [5, 5.41) is 19.2. The number of ether oxygens (including phenoxy) is 1. The van der Waals surface area contributed by atoms with Gasteiger partial charge in [-0.3, -0.25) is 4.98 Å². The maximum Gasteiger partial charge on any atom is 0.416 e. The van der Waals surface area contributed by atoms with Crippen molar-refractivity contribution >= 4 is 11.6 Å². The molecule has 8 heteroatoms. The van der Waals surface area contributed by atoms with Crippen molar-refractivity contribution in [2.45, 2.75) is 36.1 Å². The predicted molar refractivity (Wildman–Crippen MR) is 113 cm³/mol. The summed E-state index contributed by atoms with van der Waals surface area (Å²) in [6.45, 7) is 0. The molecule has 0 amide bonds. The molecule has 3 atom stereocenters. The quantitative estimate of drug-likeness (QED) is 0.533. The lowest BCUT2D eigenvalue weighted by Crippen LogP contribution is -2.48. The molecule has 1 fully saturated rings. The number of nitrogens with zero attached hydrogens (tertiary/aromatic N) is 1. The second-order valence-corrected chi connectivity index (χ2v) is 8.21. The Morgan fingerprint density at radius 3 is 2.34 bits per heavy atom. The molecule has 168 valence electrons. The van der Waals surface area contributed by atoms with Crippen molar-refractivity contribution in [2.24, 2.45) is 0 Å². The third-order valence-corrected chi connectivity index (χ3v) is 6.43. The zero-order valence-corrected chi connectivity index (χ0v) is 17.9. The van der Waals surface area contributed by atoms with Crippen LogP contribution in [-0.4, -0.2) is 22.3 Å². The first kappa shape index (κ1) is 22.6. The number of aliphatic hydroxyl groups is 2. The number of aromatic nitrogens is 1. The monoisotopic (exact) mass is 463 g/mol. The van der Waals surface area contributed by atoms with Gasteiger partial charge in [0.1, 0.15) is 11.4 Å². The van der Waals surface area contributed by atoms with Crippen molar-refractivity contribution in [2.75, 3.05) is 7.11 Å². The van der Waals surface area contributed by atoms with E-state index in [2.05, 4.69) is 4.98 Å². The number of pyridine rings is 1. The van der Waals surface area contributed by atoms with E-state index in [1.165, 1.54) is 18.3 Å². The first-order valence-corrected chi connectivity index (χ1v) is 10.4. The predicted octanol–water partition coefficient (Wildman–Crippen LogP) is 5.42. The van der Waals surface area contributed by atoms with Crippen molar-refractivity contribution in [3.05, 3.63) is 94.3 Å². The van der Waals surface area contributed by atoms with E-state index in [0.717, 1.165) is 24.8 Å². The van der Waals surface area contributed by atoms with Gasteiger partial charge in [-0.2, -0.15) is 13.2 Å². The third kappa shape index (κ3) is 3.27. The minimum Gasteiger partial charge on any atom is -0.476 e. The topological polar surface area (TPSA) is 62.6 Å². The summed E-state index contributed by atoms with van der Waals surface area (Å²) in [7, 11) is 1.00. The van der Waals surface area contributed by atoms with Crippen LogP contribution in [0.3, 0.4) is 0 Å². The average Bonchev–Trinajstić information content (AvgIpc) is 3.22. The number of hydrogen-bond donors (Lipinski definition) is 2. The minimum atomic E-state index is -4.45. The van der Waals surface area contributed by atoms with E-state index in [1.807, 2.05) is 30.3 Å². The number of hydrogen-bond acceptors (Lipinski definition) is 4. The molecule has 0 spiro atoms. The molecule has 0 saturated heterocycles. The van der Waals surface area contributed by atoms with Gasteiger partial charge < -0.3 is 14.9 Å². The number of benzene rings is 2. The Morgan fingerprint density at radius 2 is 1.72 bits per heavy atom. The Hall–Kier alpha value is -2.61. The van der Waals surface area contributed by atoms with Crippen molar-refractivity contribution < 1.29 is 28.1 Å². The van der Waals surface area contributed by atoms with Crippen molar-refractivity contribution in [1.82, 2.24) is 4.98 Å². The molecule has 2 N–H and O–H groups in total. The van der Waals surface area contributed by atoms with Crippen LogP contribution in [0.25, 0.3) is 0 Å². The molecule has 4 nitrogen and oxygen atoms in total. The van der Waals surface area contributed by atoms with Gasteiger partial charge in [0.2, 0.25) is 0 Å². The van der Waals surface area contributed by atoms with Gasteiger partial charge in [-0.1, -0.05) is 54.1 Å². The number of halogens is 4.